The predicted octanol–water partition coefficient (Wildman–Crippen LogP) is 16.5. The zero-order valence-corrected chi connectivity index (χ0v) is 42.4. The molecule has 4 heterocycles. The normalized spacial score (nSPS) is 18.2. The van der Waals surface area contributed by atoms with E-state index in [9.17, 15) is 0 Å². The highest BCUT2D eigenvalue weighted by Gasteiger charge is 2.44. The maximum atomic E-state index is 4.69. The van der Waals surface area contributed by atoms with E-state index < -0.39 is 0 Å². The number of aromatic nitrogens is 4. The minimum atomic E-state index is -0.0208. The number of aryl methyl sites for hydroxylation is 6. The van der Waals surface area contributed by atoms with Gasteiger partial charge in [-0.15, -0.1) is 0 Å². The van der Waals surface area contributed by atoms with Crippen LogP contribution in [0.25, 0.3) is 99.5 Å². The van der Waals surface area contributed by atoms with Crippen LogP contribution < -0.4 is 0 Å². The van der Waals surface area contributed by atoms with Gasteiger partial charge in [0.25, 0.3) is 0 Å². The molecule has 2 atom stereocenters. The summed E-state index contributed by atoms with van der Waals surface area (Å²) in [4.78, 5) is 4.69. The number of pyridine rings is 1. The smallest absolute Gasteiger partial charge is 0.0638 e. The van der Waals surface area contributed by atoms with Gasteiger partial charge in [0, 0.05) is 69.9 Å². The van der Waals surface area contributed by atoms with E-state index >= 15 is 0 Å². The number of nitrogens with zero attached hydrogens (tertiary/aromatic N) is 4. The Morgan fingerprint density at radius 3 is 1.81 bits per heavy atom. The fourth-order valence-electron chi connectivity index (χ4n) is 15.1. The van der Waals surface area contributed by atoms with Gasteiger partial charge in [-0.05, 0) is 194 Å². The molecule has 0 N–H and O–H groups in total. The monoisotopic (exact) mass is 940 g/mol. The Morgan fingerprint density at radius 2 is 1.14 bits per heavy atom. The Labute approximate surface area is 426 Å². The third-order valence-electron chi connectivity index (χ3n) is 18.5. The summed E-state index contributed by atoms with van der Waals surface area (Å²) in [5.74, 6) is 0.907. The third-order valence-corrected chi connectivity index (χ3v) is 18.5. The molecule has 0 saturated heterocycles. The number of fused-ring (bicyclic) bond motifs is 14. The van der Waals surface area contributed by atoms with Gasteiger partial charge in [0.15, 0.2) is 0 Å². The highest BCUT2D eigenvalue weighted by molar-refractivity contribution is 6.17. The molecule has 4 heteroatoms. The zero-order valence-electron chi connectivity index (χ0n) is 42.4. The summed E-state index contributed by atoms with van der Waals surface area (Å²) < 4.78 is 7.36. The van der Waals surface area contributed by atoms with Gasteiger partial charge in [0.2, 0.25) is 0 Å². The minimum Gasteiger partial charge on any atom is -0.355 e. The van der Waals surface area contributed by atoms with E-state index in [1.54, 1.807) is 0 Å². The van der Waals surface area contributed by atoms with Crippen molar-refractivity contribution in [2.24, 2.45) is 13.0 Å². The number of allylic oxidation sites excluding steroid dienone is 4. The van der Waals surface area contributed by atoms with E-state index in [1.807, 2.05) is 6.20 Å². The molecule has 2 unspecified atom stereocenters. The number of benzene rings is 7. The van der Waals surface area contributed by atoms with Crippen LogP contribution >= 0.6 is 0 Å². The topological polar surface area (TPSA) is 27.7 Å². The van der Waals surface area contributed by atoms with E-state index in [2.05, 4.69) is 224 Å². The van der Waals surface area contributed by atoms with Crippen LogP contribution in [-0.2, 0) is 43.6 Å². The maximum absolute atomic E-state index is 4.69. The van der Waals surface area contributed by atoms with Crippen LogP contribution in [0, 0.1) is 12.8 Å². The average molecular weight is 941 g/mol. The van der Waals surface area contributed by atoms with Crippen LogP contribution in [0.1, 0.15) is 83.8 Å². The first-order valence-electron chi connectivity index (χ1n) is 26.6. The molecule has 4 nitrogen and oxygen atoms in total. The van der Waals surface area contributed by atoms with E-state index in [0.29, 0.717) is 11.8 Å². The van der Waals surface area contributed by atoms with Crippen molar-refractivity contribution in [2.45, 2.75) is 77.0 Å². The second-order valence-corrected chi connectivity index (χ2v) is 23.2. The largest absolute Gasteiger partial charge is 0.355 e. The summed E-state index contributed by atoms with van der Waals surface area (Å²) in [6.07, 6.45) is 19.8. The lowest BCUT2D eigenvalue weighted by atomic mass is 9.74. The van der Waals surface area contributed by atoms with Gasteiger partial charge in [-0.3, -0.25) is 4.98 Å². The van der Waals surface area contributed by atoms with Crippen LogP contribution in [0.15, 0.2) is 170 Å². The highest BCUT2D eigenvalue weighted by Crippen LogP contribution is 2.55. The summed E-state index contributed by atoms with van der Waals surface area (Å²) in [6, 6.07) is 50.0. The quantitative estimate of drug-likeness (QED) is 0.173. The molecule has 0 spiro atoms. The van der Waals surface area contributed by atoms with Gasteiger partial charge < -0.3 is 13.7 Å². The van der Waals surface area contributed by atoms with Crippen LogP contribution in [0.5, 0.6) is 0 Å². The fourth-order valence-corrected chi connectivity index (χ4v) is 15.1. The van der Waals surface area contributed by atoms with Gasteiger partial charge in [0.1, 0.15) is 0 Å². The third kappa shape index (κ3) is 5.54. The van der Waals surface area contributed by atoms with Crippen molar-refractivity contribution in [1.82, 2.24) is 18.7 Å². The Balaban J connectivity index is 0.906. The number of rotatable bonds is 4. The Hall–Kier alpha value is -7.95. The van der Waals surface area contributed by atoms with E-state index in [0.717, 1.165) is 31.4 Å². The zero-order chi connectivity index (χ0) is 48.8. The summed E-state index contributed by atoms with van der Waals surface area (Å²) in [6.45, 7) is 11.7. The van der Waals surface area contributed by atoms with Crippen LogP contribution in [0.3, 0.4) is 0 Å². The average Bonchev–Trinajstić information content (AvgIpc) is 4.24. The van der Waals surface area contributed by atoms with Crippen LogP contribution in [-0.4, -0.2) is 18.7 Å². The number of hydrogen-bond acceptors (Lipinski definition) is 1. The van der Waals surface area contributed by atoms with E-state index in [1.165, 1.54) is 144 Å². The van der Waals surface area contributed by atoms with E-state index in [-0.39, 0.29) is 10.8 Å². The van der Waals surface area contributed by atoms with Crippen molar-refractivity contribution in [2.75, 3.05) is 0 Å². The van der Waals surface area contributed by atoms with Crippen molar-refractivity contribution in [3.05, 3.63) is 220 Å². The molecule has 0 radical (unpaired) electrons. The molecular formula is C69H56N4. The van der Waals surface area contributed by atoms with Crippen molar-refractivity contribution in [1.29, 1.82) is 0 Å². The molecule has 352 valence electrons. The van der Waals surface area contributed by atoms with Crippen LogP contribution in [0.4, 0.5) is 0 Å². The van der Waals surface area contributed by atoms with Gasteiger partial charge in [0.05, 0.1) is 27.8 Å². The summed E-state index contributed by atoms with van der Waals surface area (Å²) in [5, 5.41) is 5.38. The molecule has 0 bridgehead atoms. The Bertz CT molecular complexity index is 4360. The van der Waals surface area contributed by atoms with E-state index in [4.69, 9.17) is 0 Å². The SMILES string of the molecule is Cc1cc(-n2c3ccc(-c4ccc5c(c4)-c4ccccc4C5(C)C)cc3c3cc4c5c(c32)CCc2cc3c6cc(-c7ccc8c(c7)C7C=CC=CC7C8(C)C)ccc6n(-c6ccn(C)c6)c3c(c2-5)CC4)ccn1. The fraction of sp³-hybridized carbons (Fsp3) is 0.203. The molecule has 73 heavy (non-hydrogen) atoms. The molecule has 0 fully saturated rings. The second-order valence-electron chi connectivity index (χ2n) is 23.2. The Morgan fingerprint density at radius 1 is 0.534 bits per heavy atom. The first-order chi connectivity index (χ1) is 35.5. The molecule has 0 aliphatic heterocycles. The first kappa shape index (κ1) is 41.6. The molecule has 0 saturated carbocycles. The molecule has 5 aliphatic rings. The molecule has 16 rings (SSSR count). The lowest BCUT2D eigenvalue weighted by Crippen LogP contribution is -2.24. The summed E-state index contributed by atoms with van der Waals surface area (Å²) >= 11 is 0. The van der Waals surface area contributed by atoms with Crippen molar-refractivity contribution >= 4 is 43.6 Å². The lowest BCUT2D eigenvalue weighted by molar-refractivity contribution is 0.394. The molecule has 7 aromatic carbocycles. The van der Waals surface area contributed by atoms with Crippen LogP contribution in [0.2, 0.25) is 0 Å². The molecule has 11 aromatic rings. The first-order valence-corrected chi connectivity index (χ1v) is 26.6. The van der Waals surface area contributed by atoms with Gasteiger partial charge in [-0.1, -0.05) is 119 Å². The lowest BCUT2D eigenvalue weighted by Gasteiger charge is -2.31. The maximum Gasteiger partial charge on any atom is 0.0638 e. The standard InChI is InChI=1S/C69H56N4/c1-39-31-46(27-29-70-39)72-62-25-19-42(40-17-23-60-52(32-40)48-11-7-9-13-58(48)68(60,2)3)34-54(62)56-36-44-16-22-51-65-45(15-21-50(64(44)65)66(56)72)37-57-55-35-43(20-26-63(55)73(67(51)57)47-28-30-71(6)38-47)41-18-24-61-53(33-41)49-12-8-10-14-59(49)69(61,4)5/h7-14,17-20,23-38,49,59H,15-16,21-22H2,1-6H3. The molecular weight excluding hydrogens is 885 g/mol. The molecule has 5 aliphatic carbocycles. The predicted molar refractivity (Wildman–Crippen MR) is 303 cm³/mol. The highest BCUT2D eigenvalue weighted by atomic mass is 15.0. The van der Waals surface area contributed by atoms with Gasteiger partial charge in [-0.2, -0.15) is 0 Å². The van der Waals surface area contributed by atoms with Crippen molar-refractivity contribution < 1.29 is 0 Å². The van der Waals surface area contributed by atoms with Crippen molar-refractivity contribution in [3.8, 4) is 55.9 Å². The van der Waals surface area contributed by atoms with Gasteiger partial charge >= 0.3 is 0 Å². The summed E-state index contributed by atoms with van der Waals surface area (Å²) in [7, 11) is 2.14. The summed E-state index contributed by atoms with van der Waals surface area (Å²) in [5.41, 5.74) is 31.2. The molecule has 4 aromatic heterocycles. The van der Waals surface area contributed by atoms with Crippen molar-refractivity contribution in [3.63, 3.8) is 0 Å². The van der Waals surface area contributed by atoms with Gasteiger partial charge in [-0.25, -0.2) is 0 Å². The molecule has 0 amide bonds. The number of hydrogen-bond donors (Lipinski definition) is 0. The Kier molecular flexibility index (Phi) is 8.21. The second kappa shape index (κ2) is 14.4. The minimum absolute atomic E-state index is 0.0208.